The maximum Gasteiger partial charge on any atom is 0.246 e. The molecule has 0 spiro atoms. The number of nitrogens with zero attached hydrogens (tertiary/aromatic N) is 3. The zero-order valence-corrected chi connectivity index (χ0v) is 13.6. The first kappa shape index (κ1) is 15.2. The third-order valence-corrected chi connectivity index (χ3v) is 4.13. The quantitative estimate of drug-likeness (QED) is 0.778. The molecule has 0 radical (unpaired) electrons. The van der Waals surface area contributed by atoms with Gasteiger partial charge in [0.2, 0.25) is 11.9 Å². The van der Waals surface area contributed by atoms with Crippen molar-refractivity contribution in [3.63, 3.8) is 0 Å². The summed E-state index contributed by atoms with van der Waals surface area (Å²) in [4.78, 5) is 17.4. The number of nitrogens with one attached hydrogen (secondary N) is 1. The van der Waals surface area contributed by atoms with Crippen LogP contribution in [0.4, 0.5) is 5.95 Å². The Bertz CT molecular complexity index is 794. The molecule has 2 aromatic heterocycles. The van der Waals surface area contributed by atoms with E-state index < -0.39 is 0 Å². The summed E-state index contributed by atoms with van der Waals surface area (Å²) in [5, 5.41) is 9.46. The van der Waals surface area contributed by atoms with E-state index >= 15 is 0 Å². The minimum absolute atomic E-state index is 0.189. The lowest BCUT2D eigenvalue weighted by Crippen LogP contribution is -2.13. The minimum Gasteiger partial charge on any atom is -0.497 e. The molecule has 6 nitrogen and oxygen atoms in total. The Balaban J connectivity index is 1.86. The van der Waals surface area contributed by atoms with Crippen molar-refractivity contribution in [3.8, 4) is 17.1 Å². The van der Waals surface area contributed by atoms with Gasteiger partial charge in [-0.1, -0.05) is 6.07 Å². The number of carbonyl (C=O) groups excluding carboxylic acids is 1. The molecule has 0 saturated heterocycles. The second kappa shape index (κ2) is 6.62. The lowest BCUT2D eigenvalue weighted by molar-refractivity contribution is 0.0924. The molecule has 0 amide bonds. The van der Waals surface area contributed by atoms with E-state index in [4.69, 9.17) is 4.74 Å². The number of aromatic nitrogens is 3. The number of ether oxygens (including phenoxy) is 1. The molecule has 3 aromatic rings. The monoisotopic (exact) mass is 328 g/mol. The summed E-state index contributed by atoms with van der Waals surface area (Å²) in [6.45, 7) is 2.06. The summed E-state index contributed by atoms with van der Waals surface area (Å²) in [6.07, 6.45) is 0. The first-order valence-electron chi connectivity index (χ1n) is 7.06. The summed E-state index contributed by atoms with van der Waals surface area (Å²) in [5.41, 5.74) is 0.824. The zero-order valence-electron chi connectivity index (χ0n) is 12.8. The van der Waals surface area contributed by atoms with Crippen molar-refractivity contribution >= 4 is 23.2 Å². The van der Waals surface area contributed by atoms with Crippen LogP contribution in [0.15, 0.2) is 41.8 Å². The molecule has 3 rings (SSSR count). The number of hydrogen-bond acceptors (Lipinski definition) is 6. The Morgan fingerprint density at radius 3 is 2.70 bits per heavy atom. The van der Waals surface area contributed by atoms with Crippen molar-refractivity contribution < 1.29 is 9.53 Å². The van der Waals surface area contributed by atoms with Crippen molar-refractivity contribution in [3.05, 3.63) is 46.7 Å². The van der Waals surface area contributed by atoms with Gasteiger partial charge in [0.15, 0.2) is 5.82 Å². The van der Waals surface area contributed by atoms with Gasteiger partial charge in [0.1, 0.15) is 5.75 Å². The number of methoxy groups -OCH3 is 1. The van der Waals surface area contributed by atoms with Crippen molar-refractivity contribution in [2.75, 3.05) is 12.4 Å². The average molecular weight is 328 g/mol. The highest BCUT2D eigenvalue weighted by Crippen LogP contribution is 2.21. The van der Waals surface area contributed by atoms with E-state index in [1.165, 1.54) is 11.6 Å². The minimum atomic E-state index is -0.189. The standard InChI is InChI=1S/C16H16N4O2S/c1-11(21)20-16(17-10-14-4-3-9-23-14)18-15(19-20)12-5-7-13(22-2)8-6-12/h3-9H,10H2,1-2H3,(H,17,18,19). The van der Waals surface area contributed by atoms with E-state index in [9.17, 15) is 4.79 Å². The molecule has 1 aromatic carbocycles. The van der Waals surface area contributed by atoms with Gasteiger partial charge in [-0.25, -0.2) is 0 Å². The van der Waals surface area contributed by atoms with E-state index in [-0.39, 0.29) is 5.91 Å². The van der Waals surface area contributed by atoms with Gasteiger partial charge in [-0.05, 0) is 35.7 Å². The van der Waals surface area contributed by atoms with Gasteiger partial charge < -0.3 is 10.1 Å². The molecule has 0 atom stereocenters. The second-order valence-corrected chi connectivity index (χ2v) is 5.88. The number of carbonyl (C=O) groups is 1. The highest BCUT2D eigenvalue weighted by molar-refractivity contribution is 7.09. The molecule has 118 valence electrons. The van der Waals surface area contributed by atoms with Crippen LogP contribution in [0.3, 0.4) is 0 Å². The zero-order chi connectivity index (χ0) is 16.2. The highest BCUT2D eigenvalue weighted by atomic mass is 32.1. The maximum absolute atomic E-state index is 11.8. The Kier molecular flexibility index (Phi) is 4.38. The van der Waals surface area contributed by atoms with Gasteiger partial charge in [-0.2, -0.15) is 9.67 Å². The normalized spacial score (nSPS) is 10.5. The van der Waals surface area contributed by atoms with Gasteiger partial charge in [-0.3, -0.25) is 4.79 Å². The molecule has 0 fully saturated rings. The molecule has 0 bridgehead atoms. The molecule has 0 aliphatic carbocycles. The third-order valence-electron chi connectivity index (χ3n) is 3.25. The largest absolute Gasteiger partial charge is 0.497 e. The molecule has 2 heterocycles. The Morgan fingerprint density at radius 2 is 2.09 bits per heavy atom. The Labute approximate surface area is 137 Å². The predicted molar refractivity (Wildman–Crippen MR) is 90.0 cm³/mol. The van der Waals surface area contributed by atoms with Crippen molar-refractivity contribution in [1.82, 2.24) is 14.8 Å². The van der Waals surface area contributed by atoms with E-state index in [1.54, 1.807) is 18.4 Å². The van der Waals surface area contributed by atoms with Crippen LogP contribution >= 0.6 is 11.3 Å². The van der Waals surface area contributed by atoms with E-state index in [0.717, 1.165) is 16.2 Å². The first-order chi connectivity index (χ1) is 11.2. The number of thiophene rings is 1. The third kappa shape index (κ3) is 3.40. The van der Waals surface area contributed by atoms with Crippen LogP contribution < -0.4 is 10.1 Å². The number of rotatable bonds is 5. The second-order valence-electron chi connectivity index (χ2n) is 4.85. The molecule has 23 heavy (non-hydrogen) atoms. The van der Waals surface area contributed by atoms with E-state index in [0.29, 0.717) is 18.3 Å². The fourth-order valence-electron chi connectivity index (χ4n) is 2.09. The first-order valence-corrected chi connectivity index (χ1v) is 7.94. The fraction of sp³-hybridized carbons (Fsp3) is 0.188. The van der Waals surface area contributed by atoms with Crippen LogP contribution in [0.25, 0.3) is 11.4 Å². The molecular formula is C16H16N4O2S. The average Bonchev–Trinajstić information content (AvgIpc) is 3.22. The van der Waals surface area contributed by atoms with E-state index in [1.807, 2.05) is 41.8 Å². The molecule has 0 unspecified atom stereocenters. The highest BCUT2D eigenvalue weighted by Gasteiger charge is 2.14. The molecule has 0 saturated carbocycles. The van der Waals surface area contributed by atoms with E-state index in [2.05, 4.69) is 15.4 Å². The van der Waals surface area contributed by atoms with Crippen molar-refractivity contribution in [1.29, 1.82) is 0 Å². The van der Waals surface area contributed by atoms with Gasteiger partial charge in [0.25, 0.3) is 0 Å². The maximum atomic E-state index is 11.8. The van der Waals surface area contributed by atoms with Crippen LogP contribution in [0.1, 0.15) is 16.6 Å². The Morgan fingerprint density at radius 1 is 1.30 bits per heavy atom. The molecule has 0 aliphatic heterocycles. The fourth-order valence-corrected chi connectivity index (χ4v) is 2.73. The topological polar surface area (TPSA) is 69.0 Å². The molecule has 7 heteroatoms. The summed E-state index contributed by atoms with van der Waals surface area (Å²) >= 11 is 1.64. The summed E-state index contributed by atoms with van der Waals surface area (Å²) in [6, 6.07) is 11.4. The lowest BCUT2D eigenvalue weighted by Gasteiger charge is -2.03. The van der Waals surface area contributed by atoms with Crippen LogP contribution in [-0.4, -0.2) is 27.8 Å². The molecule has 1 N–H and O–H groups in total. The van der Waals surface area contributed by atoms with Crippen LogP contribution in [-0.2, 0) is 6.54 Å². The number of hydrogen-bond donors (Lipinski definition) is 1. The van der Waals surface area contributed by atoms with Gasteiger partial charge in [-0.15, -0.1) is 16.4 Å². The van der Waals surface area contributed by atoms with Crippen LogP contribution in [0, 0.1) is 0 Å². The van der Waals surface area contributed by atoms with Crippen molar-refractivity contribution in [2.24, 2.45) is 0 Å². The molecular weight excluding hydrogens is 312 g/mol. The van der Waals surface area contributed by atoms with Crippen LogP contribution in [0.5, 0.6) is 5.75 Å². The predicted octanol–water partition coefficient (Wildman–Crippen LogP) is 3.29. The van der Waals surface area contributed by atoms with Gasteiger partial charge in [0, 0.05) is 17.4 Å². The SMILES string of the molecule is COc1ccc(-c2nc(NCc3cccs3)n(C(C)=O)n2)cc1. The van der Waals surface area contributed by atoms with Gasteiger partial charge in [0.05, 0.1) is 13.7 Å². The summed E-state index contributed by atoms with van der Waals surface area (Å²) in [7, 11) is 1.62. The summed E-state index contributed by atoms with van der Waals surface area (Å²) < 4.78 is 6.43. The van der Waals surface area contributed by atoms with Crippen molar-refractivity contribution in [2.45, 2.75) is 13.5 Å². The smallest absolute Gasteiger partial charge is 0.246 e. The summed E-state index contributed by atoms with van der Waals surface area (Å²) in [5.74, 6) is 1.51. The van der Waals surface area contributed by atoms with Crippen LogP contribution in [0.2, 0.25) is 0 Å². The molecule has 0 aliphatic rings. The number of benzene rings is 1. The van der Waals surface area contributed by atoms with Gasteiger partial charge >= 0.3 is 0 Å². The lowest BCUT2D eigenvalue weighted by atomic mass is 10.2. The Hall–Kier alpha value is -2.67. The number of anilines is 1.